The highest BCUT2D eigenvalue weighted by Crippen LogP contribution is 2.27. The number of nitrogens with zero attached hydrogens (tertiary/aromatic N) is 3. The Morgan fingerprint density at radius 2 is 1.88 bits per heavy atom. The lowest BCUT2D eigenvalue weighted by Crippen LogP contribution is -2.36. The summed E-state index contributed by atoms with van der Waals surface area (Å²) in [5.74, 6) is 0.0661. The fourth-order valence-corrected chi connectivity index (χ4v) is 2.86. The summed E-state index contributed by atoms with van der Waals surface area (Å²) in [5, 5.41) is 10.5. The average Bonchev–Trinajstić information content (AvgIpc) is 3.06. The Kier molecular flexibility index (Phi) is 4.14. The minimum Gasteiger partial charge on any atom is -0.324 e. The van der Waals surface area contributed by atoms with Crippen molar-refractivity contribution in [2.45, 2.75) is 12.5 Å². The van der Waals surface area contributed by atoms with Crippen LogP contribution in [0.2, 0.25) is 5.02 Å². The zero-order valence-electron chi connectivity index (χ0n) is 13.5. The van der Waals surface area contributed by atoms with Gasteiger partial charge >= 0.3 is 0 Å². The Balaban J connectivity index is 1.65. The third-order valence-corrected chi connectivity index (χ3v) is 4.25. The van der Waals surface area contributed by atoms with Crippen LogP contribution in [0.5, 0.6) is 0 Å². The van der Waals surface area contributed by atoms with Crippen molar-refractivity contribution < 1.29 is 9.59 Å². The maximum Gasteiger partial charge on any atom is 0.249 e. The molecule has 2 amide bonds. The van der Waals surface area contributed by atoms with Crippen LogP contribution in [0.15, 0.2) is 54.6 Å². The molecule has 2 heterocycles. The Morgan fingerprint density at radius 1 is 1.15 bits per heavy atom. The maximum absolute atomic E-state index is 12.7. The van der Waals surface area contributed by atoms with Crippen LogP contribution in [-0.4, -0.2) is 26.6 Å². The molecule has 0 aliphatic carbocycles. The van der Waals surface area contributed by atoms with E-state index in [-0.39, 0.29) is 24.2 Å². The van der Waals surface area contributed by atoms with E-state index >= 15 is 0 Å². The molecule has 0 bridgehead atoms. The Bertz CT molecular complexity index is 969. The third-order valence-electron chi connectivity index (χ3n) is 4.00. The molecule has 26 heavy (non-hydrogen) atoms. The van der Waals surface area contributed by atoms with Gasteiger partial charge in [0.05, 0.1) is 6.42 Å². The number of nitrogens with one attached hydrogen (secondary N) is 2. The number of carbonyl (C=O) groups is 2. The number of amides is 2. The number of hydrogen-bond donors (Lipinski definition) is 2. The van der Waals surface area contributed by atoms with Crippen molar-refractivity contribution in [2.75, 3.05) is 10.6 Å². The van der Waals surface area contributed by atoms with Crippen molar-refractivity contribution in [2.24, 2.45) is 0 Å². The minimum atomic E-state index is -0.771. The third kappa shape index (κ3) is 3.16. The van der Waals surface area contributed by atoms with Crippen molar-refractivity contribution >= 4 is 35.1 Å². The Labute approximate surface area is 154 Å². The topological polar surface area (TPSA) is 88.9 Å². The molecule has 0 saturated heterocycles. The van der Waals surface area contributed by atoms with Crippen molar-refractivity contribution in [3.05, 3.63) is 59.6 Å². The summed E-state index contributed by atoms with van der Waals surface area (Å²) in [7, 11) is 0. The molecule has 8 heteroatoms. The minimum absolute atomic E-state index is 0.00488. The first-order chi connectivity index (χ1) is 12.6. The molecule has 130 valence electrons. The van der Waals surface area contributed by atoms with Gasteiger partial charge in [-0.2, -0.15) is 4.98 Å². The highest BCUT2D eigenvalue weighted by molar-refractivity contribution is 6.30. The van der Waals surface area contributed by atoms with Gasteiger partial charge in [0.25, 0.3) is 0 Å². The lowest BCUT2D eigenvalue weighted by atomic mass is 10.1. The van der Waals surface area contributed by atoms with Crippen molar-refractivity contribution in [3.8, 4) is 11.4 Å². The quantitative estimate of drug-likeness (QED) is 0.744. The van der Waals surface area contributed by atoms with Crippen LogP contribution in [0, 0.1) is 0 Å². The summed E-state index contributed by atoms with van der Waals surface area (Å²) in [6.07, 6.45) is -0.00488. The lowest BCUT2D eigenvalue weighted by molar-refractivity contribution is -0.125. The molecule has 3 aromatic rings. The summed E-state index contributed by atoms with van der Waals surface area (Å²) >= 11 is 5.91. The second-order valence-corrected chi connectivity index (χ2v) is 6.27. The van der Waals surface area contributed by atoms with E-state index in [4.69, 9.17) is 11.6 Å². The summed E-state index contributed by atoms with van der Waals surface area (Å²) in [6, 6.07) is 15.3. The molecular formula is C18H14ClN5O2. The van der Waals surface area contributed by atoms with E-state index < -0.39 is 6.04 Å². The number of aromatic nitrogens is 3. The number of halogens is 1. The molecule has 0 saturated carbocycles. The summed E-state index contributed by atoms with van der Waals surface area (Å²) in [6.45, 7) is 0. The van der Waals surface area contributed by atoms with Crippen LogP contribution in [0.1, 0.15) is 12.5 Å². The highest BCUT2D eigenvalue weighted by atomic mass is 35.5. The van der Waals surface area contributed by atoms with Crippen LogP contribution < -0.4 is 10.6 Å². The molecule has 0 spiro atoms. The monoisotopic (exact) mass is 367 g/mol. The van der Waals surface area contributed by atoms with E-state index in [1.165, 1.54) is 4.68 Å². The van der Waals surface area contributed by atoms with Gasteiger partial charge in [0.1, 0.15) is 6.04 Å². The van der Waals surface area contributed by atoms with Crippen molar-refractivity contribution in [3.63, 3.8) is 0 Å². The van der Waals surface area contributed by atoms with Crippen molar-refractivity contribution in [1.29, 1.82) is 0 Å². The van der Waals surface area contributed by atoms with Gasteiger partial charge < -0.3 is 5.32 Å². The highest BCUT2D eigenvalue weighted by Gasteiger charge is 2.33. The second-order valence-electron chi connectivity index (χ2n) is 5.83. The maximum atomic E-state index is 12.7. The van der Waals surface area contributed by atoms with Crippen LogP contribution in [0.25, 0.3) is 11.4 Å². The molecule has 0 fully saturated rings. The number of anilines is 2. The van der Waals surface area contributed by atoms with Crippen LogP contribution in [0.3, 0.4) is 0 Å². The normalized spacial score (nSPS) is 15.9. The van der Waals surface area contributed by atoms with Gasteiger partial charge in [-0.1, -0.05) is 29.8 Å². The van der Waals surface area contributed by atoms with E-state index in [9.17, 15) is 9.59 Å². The van der Waals surface area contributed by atoms with E-state index in [0.717, 1.165) is 5.56 Å². The van der Waals surface area contributed by atoms with Crippen LogP contribution >= 0.6 is 11.6 Å². The fraction of sp³-hybridized carbons (Fsp3) is 0.111. The molecule has 2 aromatic carbocycles. The van der Waals surface area contributed by atoms with Crippen LogP contribution in [-0.2, 0) is 9.59 Å². The average molecular weight is 368 g/mol. The van der Waals surface area contributed by atoms with Gasteiger partial charge in [-0.05, 0) is 36.4 Å². The molecule has 4 rings (SSSR count). The van der Waals surface area contributed by atoms with E-state index in [1.54, 1.807) is 36.4 Å². The van der Waals surface area contributed by atoms with Gasteiger partial charge in [0.2, 0.25) is 17.8 Å². The van der Waals surface area contributed by atoms with Gasteiger partial charge in [-0.25, -0.2) is 4.68 Å². The zero-order valence-corrected chi connectivity index (χ0v) is 14.3. The smallest absolute Gasteiger partial charge is 0.249 e. The molecule has 0 unspecified atom stereocenters. The van der Waals surface area contributed by atoms with E-state index in [1.807, 2.05) is 18.2 Å². The predicted molar refractivity (Wildman–Crippen MR) is 97.8 cm³/mol. The molecular weight excluding hydrogens is 354 g/mol. The van der Waals surface area contributed by atoms with E-state index in [2.05, 4.69) is 20.7 Å². The summed E-state index contributed by atoms with van der Waals surface area (Å²) in [5.41, 5.74) is 1.40. The molecule has 1 aromatic heterocycles. The second kappa shape index (κ2) is 6.61. The van der Waals surface area contributed by atoms with Gasteiger partial charge in [0, 0.05) is 16.3 Å². The number of hydrogen-bond acceptors (Lipinski definition) is 4. The standard InChI is InChI=1S/C18H14ClN5O2/c19-12-8-6-11(7-9-12)16-22-18-21-15(25)10-14(24(18)23-16)17(26)20-13-4-2-1-3-5-13/h1-9,14H,10H2,(H,20,26)(H,21,22,23,25)/t14-/m0/s1. The van der Waals surface area contributed by atoms with Gasteiger partial charge in [-0.3, -0.25) is 14.9 Å². The first kappa shape index (κ1) is 16.3. The number of rotatable bonds is 3. The van der Waals surface area contributed by atoms with Gasteiger partial charge in [0.15, 0.2) is 5.82 Å². The summed E-state index contributed by atoms with van der Waals surface area (Å²) in [4.78, 5) is 29.0. The van der Waals surface area contributed by atoms with Gasteiger partial charge in [-0.15, -0.1) is 5.10 Å². The number of para-hydroxylation sites is 1. The lowest BCUT2D eigenvalue weighted by Gasteiger charge is -2.22. The fourth-order valence-electron chi connectivity index (χ4n) is 2.74. The number of benzene rings is 2. The van der Waals surface area contributed by atoms with E-state index in [0.29, 0.717) is 16.5 Å². The first-order valence-electron chi connectivity index (χ1n) is 7.98. The SMILES string of the molecule is O=C1C[C@@H](C(=O)Nc2ccccc2)n2nc(-c3ccc(Cl)cc3)nc2N1. The molecule has 1 aliphatic heterocycles. The molecule has 1 atom stereocenters. The molecule has 1 aliphatic rings. The van der Waals surface area contributed by atoms with Crippen LogP contribution in [0.4, 0.5) is 11.6 Å². The summed E-state index contributed by atoms with van der Waals surface area (Å²) < 4.78 is 1.45. The Morgan fingerprint density at radius 3 is 2.62 bits per heavy atom. The molecule has 0 radical (unpaired) electrons. The molecule has 2 N–H and O–H groups in total. The predicted octanol–water partition coefficient (Wildman–Crippen LogP) is 3.12. The van der Waals surface area contributed by atoms with Crippen molar-refractivity contribution in [1.82, 2.24) is 14.8 Å². The number of fused-ring (bicyclic) bond motifs is 1. The number of carbonyl (C=O) groups excluding carboxylic acids is 2. The first-order valence-corrected chi connectivity index (χ1v) is 8.36. The zero-order chi connectivity index (χ0) is 18.1. The molecule has 7 nitrogen and oxygen atoms in total. The Hall–Kier alpha value is -3.19. The largest absolute Gasteiger partial charge is 0.324 e.